The Morgan fingerprint density at radius 1 is 1.11 bits per heavy atom. The molecule has 0 spiro atoms. The summed E-state index contributed by atoms with van der Waals surface area (Å²) in [6.07, 6.45) is -0.230. The SMILES string of the molecule is CC(C)NC(=O)C(C)OC(=O)C(CCS(C)(=O)=O)NC(=O)c1ccccc1Br. The van der Waals surface area contributed by atoms with E-state index in [4.69, 9.17) is 4.74 Å². The summed E-state index contributed by atoms with van der Waals surface area (Å²) in [7, 11) is -3.37. The van der Waals surface area contributed by atoms with Gasteiger partial charge in [-0.15, -0.1) is 0 Å². The van der Waals surface area contributed by atoms with Crippen molar-refractivity contribution in [3.05, 3.63) is 34.3 Å². The fourth-order valence-electron chi connectivity index (χ4n) is 2.17. The number of sulfone groups is 1. The van der Waals surface area contributed by atoms with Crippen LogP contribution >= 0.6 is 15.9 Å². The van der Waals surface area contributed by atoms with Crippen molar-refractivity contribution in [3.63, 3.8) is 0 Å². The zero-order chi connectivity index (χ0) is 21.5. The van der Waals surface area contributed by atoms with Crippen molar-refractivity contribution < 1.29 is 27.5 Å². The first-order valence-electron chi connectivity index (χ1n) is 8.64. The number of benzene rings is 1. The highest BCUT2D eigenvalue weighted by atomic mass is 79.9. The van der Waals surface area contributed by atoms with Crippen LogP contribution in [0.4, 0.5) is 0 Å². The molecule has 0 aliphatic heterocycles. The molecular weight excluding hydrogens is 452 g/mol. The van der Waals surface area contributed by atoms with Gasteiger partial charge < -0.3 is 15.4 Å². The third kappa shape index (κ3) is 8.39. The molecule has 1 aromatic carbocycles. The third-order valence-corrected chi connectivity index (χ3v) is 5.25. The van der Waals surface area contributed by atoms with Gasteiger partial charge >= 0.3 is 5.97 Å². The van der Waals surface area contributed by atoms with Gasteiger partial charge in [0.25, 0.3) is 11.8 Å². The molecule has 0 saturated heterocycles. The number of carbonyl (C=O) groups excluding carboxylic acids is 3. The molecule has 28 heavy (non-hydrogen) atoms. The summed E-state index contributed by atoms with van der Waals surface area (Å²) in [5.41, 5.74) is 0.283. The summed E-state index contributed by atoms with van der Waals surface area (Å²) in [4.78, 5) is 36.9. The zero-order valence-electron chi connectivity index (χ0n) is 16.2. The molecule has 0 aromatic heterocycles. The maximum absolute atomic E-state index is 12.5. The first kappa shape index (κ1) is 24.1. The highest BCUT2D eigenvalue weighted by Crippen LogP contribution is 2.16. The van der Waals surface area contributed by atoms with Gasteiger partial charge in [0.2, 0.25) is 0 Å². The monoisotopic (exact) mass is 476 g/mol. The van der Waals surface area contributed by atoms with Crippen molar-refractivity contribution in [2.24, 2.45) is 0 Å². The van der Waals surface area contributed by atoms with E-state index in [2.05, 4.69) is 26.6 Å². The third-order valence-electron chi connectivity index (χ3n) is 3.58. The Hall–Kier alpha value is -1.94. The molecule has 10 heteroatoms. The smallest absolute Gasteiger partial charge is 0.329 e. The maximum atomic E-state index is 12.5. The second-order valence-corrected chi connectivity index (χ2v) is 9.78. The molecule has 2 amide bonds. The highest BCUT2D eigenvalue weighted by Gasteiger charge is 2.28. The second kappa shape index (κ2) is 10.6. The number of esters is 1. The van der Waals surface area contributed by atoms with Crippen LogP contribution in [0.1, 0.15) is 37.6 Å². The fraction of sp³-hybridized carbons (Fsp3) is 0.500. The Morgan fingerprint density at radius 3 is 2.25 bits per heavy atom. The number of nitrogens with one attached hydrogen (secondary N) is 2. The van der Waals surface area contributed by atoms with Gasteiger partial charge in [0.05, 0.1) is 11.3 Å². The number of halogens is 1. The molecule has 8 nitrogen and oxygen atoms in total. The topological polar surface area (TPSA) is 119 Å². The number of carbonyl (C=O) groups is 3. The number of amides is 2. The molecule has 1 aromatic rings. The first-order chi connectivity index (χ1) is 12.9. The van der Waals surface area contributed by atoms with Crippen LogP contribution in [0.15, 0.2) is 28.7 Å². The van der Waals surface area contributed by atoms with E-state index in [0.717, 1.165) is 6.26 Å². The molecule has 0 bridgehead atoms. The summed E-state index contributed by atoms with van der Waals surface area (Å²) >= 11 is 3.25. The Bertz CT molecular complexity index is 825. The van der Waals surface area contributed by atoms with Gasteiger partial charge in [0, 0.05) is 16.8 Å². The van der Waals surface area contributed by atoms with Crippen LogP contribution in [-0.2, 0) is 24.2 Å². The van der Waals surface area contributed by atoms with Gasteiger partial charge in [-0.1, -0.05) is 12.1 Å². The van der Waals surface area contributed by atoms with E-state index >= 15 is 0 Å². The van der Waals surface area contributed by atoms with Gasteiger partial charge in [-0.2, -0.15) is 0 Å². The van der Waals surface area contributed by atoms with Crippen molar-refractivity contribution in [2.45, 2.75) is 45.4 Å². The van der Waals surface area contributed by atoms with Gasteiger partial charge in [-0.3, -0.25) is 9.59 Å². The van der Waals surface area contributed by atoms with Gasteiger partial charge in [0.15, 0.2) is 6.10 Å². The lowest BCUT2D eigenvalue weighted by Crippen LogP contribution is -2.46. The Morgan fingerprint density at radius 2 is 1.71 bits per heavy atom. The Kier molecular flexibility index (Phi) is 9.09. The van der Waals surface area contributed by atoms with Crippen molar-refractivity contribution in [2.75, 3.05) is 12.0 Å². The van der Waals surface area contributed by atoms with Crippen molar-refractivity contribution in [1.29, 1.82) is 0 Å². The second-order valence-electron chi connectivity index (χ2n) is 6.67. The molecule has 2 N–H and O–H groups in total. The first-order valence-corrected chi connectivity index (χ1v) is 11.5. The fourth-order valence-corrected chi connectivity index (χ4v) is 3.30. The van der Waals surface area contributed by atoms with Crippen molar-refractivity contribution in [1.82, 2.24) is 10.6 Å². The summed E-state index contributed by atoms with van der Waals surface area (Å²) in [6.45, 7) is 4.93. The van der Waals surface area contributed by atoms with Crippen molar-refractivity contribution >= 4 is 43.6 Å². The number of hydrogen-bond acceptors (Lipinski definition) is 6. The molecule has 156 valence electrons. The van der Waals surface area contributed by atoms with Crippen molar-refractivity contribution in [3.8, 4) is 0 Å². The van der Waals surface area contributed by atoms with E-state index in [1.165, 1.54) is 6.92 Å². The van der Waals surface area contributed by atoms with E-state index in [1.807, 2.05) is 0 Å². The standard InChI is InChI=1S/C18H25BrN2O6S/c1-11(2)20-16(22)12(3)27-18(24)15(9-10-28(4,25)26)21-17(23)13-7-5-6-8-14(13)19/h5-8,11-12,15H,9-10H2,1-4H3,(H,20,22)(H,21,23). The van der Waals surface area contributed by atoms with E-state index in [0.29, 0.717) is 4.47 Å². The predicted octanol–water partition coefficient (Wildman–Crippen LogP) is 1.44. The molecular formula is C18H25BrN2O6S. The van der Waals surface area contributed by atoms with Crippen LogP contribution in [-0.4, -0.2) is 56.4 Å². The molecule has 2 atom stereocenters. The minimum Gasteiger partial charge on any atom is -0.451 e. The van der Waals surface area contributed by atoms with Gasteiger partial charge in [-0.05, 0) is 55.3 Å². The largest absolute Gasteiger partial charge is 0.451 e. The molecule has 0 radical (unpaired) electrons. The van der Waals surface area contributed by atoms with E-state index in [9.17, 15) is 22.8 Å². The Balaban J connectivity index is 2.92. The number of rotatable bonds is 9. The molecule has 0 saturated carbocycles. The summed E-state index contributed by atoms with van der Waals surface area (Å²) in [6, 6.07) is 5.25. The van der Waals surface area contributed by atoms with Crippen LogP contribution in [0.2, 0.25) is 0 Å². The van der Waals surface area contributed by atoms with Crippen LogP contribution in [0.5, 0.6) is 0 Å². The highest BCUT2D eigenvalue weighted by molar-refractivity contribution is 9.10. The van der Waals surface area contributed by atoms with E-state index < -0.39 is 39.8 Å². The normalized spacial score (nSPS) is 13.5. The lowest BCUT2D eigenvalue weighted by atomic mass is 10.1. The summed E-state index contributed by atoms with van der Waals surface area (Å²) in [5.74, 6) is -2.25. The van der Waals surface area contributed by atoms with E-state index in [-0.39, 0.29) is 23.8 Å². The Labute approximate surface area is 173 Å². The minimum absolute atomic E-state index is 0.134. The molecule has 0 heterocycles. The summed E-state index contributed by atoms with van der Waals surface area (Å²) < 4.78 is 28.6. The van der Waals surface area contributed by atoms with E-state index in [1.54, 1.807) is 38.1 Å². The lowest BCUT2D eigenvalue weighted by Gasteiger charge is -2.21. The lowest BCUT2D eigenvalue weighted by molar-refractivity contribution is -0.156. The maximum Gasteiger partial charge on any atom is 0.329 e. The average Bonchev–Trinajstić information content (AvgIpc) is 2.57. The molecule has 0 fully saturated rings. The predicted molar refractivity (Wildman–Crippen MR) is 109 cm³/mol. The number of ether oxygens (including phenoxy) is 1. The van der Waals surface area contributed by atoms with Crippen LogP contribution in [0, 0.1) is 0 Å². The van der Waals surface area contributed by atoms with Crippen LogP contribution < -0.4 is 10.6 Å². The molecule has 0 aliphatic carbocycles. The van der Waals surface area contributed by atoms with Gasteiger partial charge in [0.1, 0.15) is 15.9 Å². The molecule has 1 rings (SSSR count). The average molecular weight is 477 g/mol. The van der Waals surface area contributed by atoms with Gasteiger partial charge in [-0.25, -0.2) is 13.2 Å². The quantitative estimate of drug-likeness (QED) is 0.520. The van der Waals surface area contributed by atoms with Crippen LogP contribution in [0.25, 0.3) is 0 Å². The van der Waals surface area contributed by atoms with Crippen LogP contribution in [0.3, 0.4) is 0 Å². The zero-order valence-corrected chi connectivity index (χ0v) is 18.6. The summed E-state index contributed by atoms with van der Waals surface area (Å²) in [5, 5.41) is 5.10. The molecule has 2 unspecified atom stereocenters. The number of hydrogen-bond donors (Lipinski definition) is 2. The minimum atomic E-state index is -3.37. The molecule has 0 aliphatic rings.